The summed E-state index contributed by atoms with van der Waals surface area (Å²) in [4.78, 5) is 35.8. The van der Waals surface area contributed by atoms with Crippen LogP contribution in [0.3, 0.4) is 0 Å². The highest BCUT2D eigenvalue weighted by Gasteiger charge is 2.34. The minimum atomic E-state index is -0.784. The quantitative estimate of drug-likeness (QED) is 0.302. The van der Waals surface area contributed by atoms with Gasteiger partial charge in [-0.25, -0.2) is 15.0 Å². The Morgan fingerprint density at radius 2 is 1.95 bits per heavy atom. The summed E-state index contributed by atoms with van der Waals surface area (Å²) in [5.41, 5.74) is 9.74. The fourth-order valence-corrected chi connectivity index (χ4v) is 5.27. The predicted molar refractivity (Wildman–Crippen MR) is 163 cm³/mol. The van der Waals surface area contributed by atoms with E-state index >= 15 is 0 Å². The zero-order chi connectivity index (χ0) is 30.2. The number of ether oxygens (including phenoxy) is 1. The first kappa shape index (κ1) is 29.2. The molecule has 222 valence electrons. The average Bonchev–Trinajstić information content (AvgIpc) is 3.65. The number of hydrogen-bond donors (Lipinski definition) is 3. The van der Waals surface area contributed by atoms with Crippen molar-refractivity contribution in [3.63, 3.8) is 0 Å². The maximum Gasteiger partial charge on any atom is 0.263 e. The number of aliphatic imine (C=N–C) groups is 1. The molecule has 4 aromatic rings. The lowest BCUT2D eigenvalue weighted by atomic mass is 9.97. The van der Waals surface area contributed by atoms with Crippen molar-refractivity contribution in [2.75, 3.05) is 6.61 Å². The number of carbonyl (C=O) groups excluding carboxylic acids is 1. The lowest BCUT2D eigenvalue weighted by Gasteiger charge is -2.20. The molecule has 0 spiro atoms. The van der Waals surface area contributed by atoms with Crippen LogP contribution < -0.4 is 15.5 Å². The third kappa shape index (κ3) is 5.48. The van der Waals surface area contributed by atoms with Gasteiger partial charge in [0.25, 0.3) is 5.91 Å². The second kappa shape index (κ2) is 11.6. The third-order valence-corrected chi connectivity index (χ3v) is 7.45. The summed E-state index contributed by atoms with van der Waals surface area (Å²) < 4.78 is 8.02. The summed E-state index contributed by atoms with van der Waals surface area (Å²) in [7, 11) is 1.93. The molecular formula is C31H40N8O3. The molecule has 0 radical (unpaired) electrons. The lowest BCUT2D eigenvalue weighted by molar-refractivity contribution is -0.125. The van der Waals surface area contributed by atoms with Crippen LogP contribution in [0.5, 0.6) is 5.75 Å². The van der Waals surface area contributed by atoms with E-state index < -0.39 is 6.17 Å². The second-order valence-electron chi connectivity index (χ2n) is 11.4. The lowest BCUT2D eigenvalue weighted by Crippen LogP contribution is -2.41. The van der Waals surface area contributed by atoms with E-state index in [9.17, 15) is 4.79 Å². The molecule has 11 nitrogen and oxygen atoms in total. The fraction of sp³-hybridized carbons (Fsp3) is 0.452. The van der Waals surface area contributed by atoms with Crippen molar-refractivity contribution in [2.24, 2.45) is 17.5 Å². The van der Waals surface area contributed by atoms with Crippen LogP contribution >= 0.6 is 0 Å². The Bertz CT molecular complexity index is 1650. The molecule has 1 aromatic carbocycles. The highest BCUT2D eigenvalue weighted by atomic mass is 16.7. The topological polar surface area (TPSA) is 131 Å². The van der Waals surface area contributed by atoms with E-state index in [1.54, 1.807) is 6.20 Å². The molecule has 11 heteroatoms. The fourth-order valence-electron chi connectivity index (χ4n) is 5.27. The molecular weight excluding hydrogens is 532 g/mol. The van der Waals surface area contributed by atoms with E-state index in [2.05, 4.69) is 36.9 Å². The molecule has 6 rings (SSSR count). The number of pyridine rings is 1. The number of benzene rings is 1. The van der Waals surface area contributed by atoms with Crippen molar-refractivity contribution in [3.8, 4) is 28.3 Å². The Labute approximate surface area is 246 Å². The third-order valence-electron chi connectivity index (χ3n) is 7.45. The molecule has 0 saturated carbocycles. The molecule has 0 saturated heterocycles. The van der Waals surface area contributed by atoms with E-state index in [0.717, 1.165) is 63.6 Å². The molecule has 3 aromatic heterocycles. The Kier molecular flexibility index (Phi) is 8.05. The number of amides is 1. The number of H-pyrrole nitrogens is 1. The van der Waals surface area contributed by atoms with Crippen LogP contribution in [0.15, 0.2) is 35.5 Å². The number of imidazole rings is 1. The van der Waals surface area contributed by atoms with Gasteiger partial charge in [0.15, 0.2) is 5.65 Å². The summed E-state index contributed by atoms with van der Waals surface area (Å²) in [5.74, 6) is 1.77. The van der Waals surface area contributed by atoms with Crippen molar-refractivity contribution in [1.82, 2.24) is 35.5 Å². The molecule has 0 fully saturated rings. The zero-order valence-corrected chi connectivity index (χ0v) is 25.6. The number of aromatic nitrogens is 5. The monoisotopic (exact) mass is 572 g/mol. The minimum absolute atomic E-state index is 0.206. The van der Waals surface area contributed by atoms with Crippen LogP contribution in [0.25, 0.3) is 33.7 Å². The van der Waals surface area contributed by atoms with E-state index in [1.807, 2.05) is 78.4 Å². The molecule has 0 aliphatic carbocycles. The first-order chi connectivity index (χ1) is 20.1. The smallest absolute Gasteiger partial charge is 0.263 e. The molecule has 2 aliphatic rings. The van der Waals surface area contributed by atoms with Crippen LogP contribution in [-0.4, -0.2) is 49.3 Å². The van der Waals surface area contributed by atoms with E-state index in [0.29, 0.717) is 18.2 Å². The SMILES string of the molecule is CC.Cc1nn(C)c(C)c1-c1nc2nccc(-c3ccc4c(c3)OCCCC4NC(=O)C3N=C(C(C)(C)C)ON3)c2[nH]1. The van der Waals surface area contributed by atoms with E-state index in [1.165, 1.54) is 0 Å². The average molecular weight is 573 g/mol. The zero-order valence-electron chi connectivity index (χ0n) is 25.6. The van der Waals surface area contributed by atoms with Gasteiger partial charge in [0, 0.05) is 35.5 Å². The van der Waals surface area contributed by atoms with Gasteiger partial charge in [-0.15, -0.1) is 5.48 Å². The summed E-state index contributed by atoms with van der Waals surface area (Å²) >= 11 is 0. The van der Waals surface area contributed by atoms with Crippen LogP contribution in [-0.2, 0) is 16.7 Å². The van der Waals surface area contributed by atoms with Crippen LogP contribution in [0.4, 0.5) is 0 Å². The Balaban J connectivity index is 0.00000173. The summed E-state index contributed by atoms with van der Waals surface area (Å²) in [5, 5.41) is 7.68. The molecule has 1 amide bonds. The second-order valence-corrected chi connectivity index (χ2v) is 11.4. The van der Waals surface area contributed by atoms with Crippen molar-refractivity contribution in [3.05, 3.63) is 47.4 Å². The Morgan fingerprint density at radius 3 is 2.64 bits per heavy atom. The Morgan fingerprint density at radius 1 is 1.17 bits per heavy atom. The van der Waals surface area contributed by atoms with Crippen LogP contribution in [0.2, 0.25) is 0 Å². The highest BCUT2D eigenvalue weighted by Crippen LogP contribution is 2.37. The van der Waals surface area contributed by atoms with Crippen molar-refractivity contribution in [1.29, 1.82) is 0 Å². The summed E-state index contributed by atoms with van der Waals surface area (Å²) in [6, 6.07) is 7.88. The number of hydrogen-bond acceptors (Lipinski definition) is 8. The normalized spacial score (nSPS) is 18.2. The summed E-state index contributed by atoms with van der Waals surface area (Å²) in [6.07, 6.45) is 2.55. The molecule has 5 heterocycles. The highest BCUT2D eigenvalue weighted by molar-refractivity contribution is 5.92. The first-order valence-electron chi connectivity index (χ1n) is 14.5. The maximum atomic E-state index is 13.1. The maximum absolute atomic E-state index is 13.1. The van der Waals surface area contributed by atoms with Gasteiger partial charge >= 0.3 is 0 Å². The van der Waals surface area contributed by atoms with Gasteiger partial charge < -0.3 is 19.9 Å². The first-order valence-corrected chi connectivity index (χ1v) is 14.5. The van der Waals surface area contributed by atoms with Gasteiger partial charge in [0.05, 0.1) is 29.4 Å². The molecule has 2 aliphatic heterocycles. The standard InChI is InChI=1S/C29H34N8O3.C2H6/c1-15-22(16(2)37(6)35-15)24-32-23-18(11-12-30-25(23)33-24)17-9-10-19-20(8-7-13-39-21(19)14-17)31-27(38)26-34-28(40-36-26)29(3,4)5;1-2/h9-12,14,20,26,36H,7-8,13H2,1-6H3,(H,31,38)(H,30,32,33);1-2H3. The molecule has 42 heavy (non-hydrogen) atoms. The number of nitrogens with one attached hydrogen (secondary N) is 3. The van der Waals surface area contributed by atoms with Gasteiger partial charge in [0.2, 0.25) is 12.1 Å². The number of rotatable bonds is 4. The van der Waals surface area contributed by atoms with Crippen LogP contribution in [0.1, 0.15) is 70.5 Å². The number of nitrogens with zero attached hydrogens (tertiary/aromatic N) is 5. The number of aryl methyl sites for hydroxylation is 2. The number of fused-ring (bicyclic) bond motifs is 2. The van der Waals surface area contributed by atoms with Crippen LogP contribution in [0, 0.1) is 19.3 Å². The largest absolute Gasteiger partial charge is 0.493 e. The van der Waals surface area contributed by atoms with Gasteiger partial charge in [-0.2, -0.15) is 5.10 Å². The summed E-state index contributed by atoms with van der Waals surface area (Å²) in [6.45, 7) is 14.6. The predicted octanol–water partition coefficient (Wildman–Crippen LogP) is 5.30. The number of aromatic amines is 1. The molecule has 3 N–H and O–H groups in total. The van der Waals surface area contributed by atoms with Crippen molar-refractivity contribution in [2.45, 2.75) is 73.5 Å². The van der Waals surface area contributed by atoms with E-state index in [4.69, 9.17) is 14.6 Å². The van der Waals surface area contributed by atoms with Gasteiger partial charge in [-0.1, -0.05) is 46.8 Å². The number of hydroxylamine groups is 1. The molecule has 0 bridgehead atoms. The Hall–Kier alpha value is -4.25. The van der Waals surface area contributed by atoms with Crippen molar-refractivity contribution >= 4 is 23.0 Å². The van der Waals surface area contributed by atoms with Crippen molar-refractivity contribution < 1.29 is 14.4 Å². The van der Waals surface area contributed by atoms with Gasteiger partial charge in [0.1, 0.15) is 11.6 Å². The van der Waals surface area contributed by atoms with Gasteiger partial charge in [-0.05, 0) is 44.4 Å². The minimum Gasteiger partial charge on any atom is -0.493 e. The van der Waals surface area contributed by atoms with E-state index in [-0.39, 0.29) is 17.4 Å². The molecule has 2 unspecified atom stereocenters. The molecule has 2 atom stereocenters. The number of carbonyl (C=O) groups is 1. The van der Waals surface area contributed by atoms with Gasteiger partial charge in [-0.3, -0.25) is 9.48 Å².